The number of carbonyl (C=O) groups excluding carboxylic acids is 2. The van der Waals surface area contributed by atoms with Crippen LogP contribution in [0.15, 0.2) is 6.07 Å². The Kier molecular flexibility index (Phi) is 5.37. The molecule has 1 saturated heterocycles. The fourth-order valence-corrected chi connectivity index (χ4v) is 3.93. The monoisotopic (exact) mass is 362 g/mol. The summed E-state index contributed by atoms with van der Waals surface area (Å²) < 4.78 is 0. The molecule has 0 bridgehead atoms. The summed E-state index contributed by atoms with van der Waals surface area (Å²) in [5.74, 6) is 1.29. The van der Waals surface area contributed by atoms with Crippen molar-refractivity contribution in [3.05, 3.63) is 17.5 Å². The third-order valence-corrected chi connectivity index (χ3v) is 6.06. The topological polar surface area (TPSA) is 89.5 Å². The van der Waals surface area contributed by atoms with Gasteiger partial charge >= 0.3 is 0 Å². The Balaban J connectivity index is 1.68. The number of amides is 2. The third-order valence-electron chi connectivity index (χ3n) is 6.06. The molecule has 7 heteroatoms. The molecule has 7 nitrogen and oxygen atoms in total. The van der Waals surface area contributed by atoms with E-state index in [1.807, 2.05) is 18.7 Å². The van der Waals surface area contributed by atoms with Crippen LogP contribution in [0.4, 0.5) is 0 Å². The predicted molar refractivity (Wildman–Crippen MR) is 97.6 cm³/mol. The van der Waals surface area contributed by atoms with Crippen LogP contribution in [0.3, 0.4) is 0 Å². The molecule has 1 saturated carbocycles. The lowest BCUT2D eigenvalue weighted by atomic mass is 10.1. The van der Waals surface area contributed by atoms with Gasteiger partial charge in [-0.15, -0.1) is 0 Å². The van der Waals surface area contributed by atoms with Gasteiger partial charge in [-0.3, -0.25) is 14.7 Å². The molecular formula is C19H30N4O3. The van der Waals surface area contributed by atoms with Crippen molar-refractivity contribution in [1.82, 2.24) is 20.0 Å². The minimum absolute atomic E-state index is 0.00610. The normalized spacial score (nSPS) is 28.5. The van der Waals surface area contributed by atoms with Crippen molar-refractivity contribution >= 4 is 11.8 Å². The molecule has 0 aromatic carbocycles. The van der Waals surface area contributed by atoms with Crippen LogP contribution < -0.4 is 0 Å². The molecule has 0 spiro atoms. The highest BCUT2D eigenvalue weighted by molar-refractivity contribution is 5.92. The van der Waals surface area contributed by atoms with Crippen molar-refractivity contribution in [2.45, 2.75) is 46.1 Å². The van der Waals surface area contributed by atoms with Gasteiger partial charge in [0.2, 0.25) is 5.91 Å². The molecule has 26 heavy (non-hydrogen) atoms. The molecule has 1 aliphatic heterocycles. The van der Waals surface area contributed by atoms with Crippen LogP contribution in [0.5, 0.6) is 0 Å². The van der Waals surface area contributed by atoms with Crippen LogP contribution in [0.25, 0.3) is 0 Å². The number of hydrogen-bond donors (Lipinski definition) is 2. The van der Waals surface area contributed by atoms with Gasteiger partial charge < -0.3 is 14.9 Å². The number of nitrogens with one attached hydrogen (secondary N) is 1. The molecule has 2 aliphatic rings. The van der Waals surface area contributed by atoms with Gasteiger partial charge in [0, 0.05) is 37.9 Å². The molecule has 1 aromatic rings. The Morgan fingerprint density at radius 3 is 2.54 bits per heavy atom. The van der Waals surface area contributed by atoms with E-state index in [0.29, 0.717) is 43.6 Å². The largest absolute Gasteiger partial charge is 0.396 e. The zero-order chi connectivity index (χ0) is 19.0. The highest BCUT2D eigenvalue weighted by Crippen LogP contribution is 2.47. The summed E-state index contributed by atoms with van der Waals surface area (Å²) in [5.41, 5.74) is 1.35. The van der Waals surface area contributed by atoms with Crippen molar-refractivity contribution in [3.63, 3.8) is 0 Å². The highest BCUT2D eigenvalue weighted by atomic mass is 16.3. The molecule has 0 radical (unpaired) electrons. The summed E-state index contributed by atoms with van der Waals surface area (Å²) in [6.45, 7) is 9.79. The fraction of sp³-hybridized carbons (Fsp3) is 0.737. The number of hydrogen-bond acceptors (Lipinski definition) is 4. The summed E-state index contributed by atoms with van der Waals surface area (Å²) in [4.78, 5) is 29.2. The molecule has 2 amide bonds. The van der Waals surface area contributed by atoms with E-state index >= 15 is 0 Å². The first-order valence-corrected chi connectivity index (χ1v) is 9.61. The molecule has 1 unspecified atom stereocenters. The zero-order valence-electron chi connectivity index (χ0n) is 16.1. The Morgan fingerprint density at radius 1 is 1.31 bits per heavy atom. The van der Waals surface area contributed by atoms with Crippen LogP contribution >= 0.6 is 0 Å². The summed E-state index contributed by atoms with van der Waals surface area (Å²) in [6.07, 6.45) is 0.489. The molecule has 1 aromatic heterocycles. The standard InChI is InChI=1S/C19H30N4O3/c1-11(2)15-9-16(21-20-15)18(25)22-6-7-23(14(10-22)5-8-24)19(26)17-12(3)13(17)4/h9,11-14,17,24H,5-8,10H2,1-4H3,(H,20,21)/t12-,13-,14?/m0/s1. The summed E-state index contributed by atoms with van der Waals surface area (Å²) in [5, 5.41) is 16.5. The lowest BCUT2D eigenvalue weighted by Crippen LogP contribution is -2.57. The van der Waals surface area contributed by atoms with Crippen LogP contribution in [-0.4, -0.2) is 69.2 Å². The van der Waals surface area contributed by atoms with Crippen molar-refractivity contribution in [2.75, 3.05) is 26.2 Å². The lowest BCUT2D eigenvalue weighted by Gasteiger charge is -2.41. The highest BCUT2D eigenvalue weighted by Gasteiger charge is 2.51. The molecule has 144 valence electrons. The first-order valence-electron chi connectivity index (χ1n) is 9.61. The average Bonchev–Trinajstić information content (AvgIpc) is 3.02. The lowest BCUT2D eigenvalue weighted by molar-refractivity contribution is -0.138. The number of aromatic nitrogens is 2. The summed E-state index contributed by atoms with van der Waals surface area (Å²) >= 11 is 0. The van der Waals surface area contributed by atoms with Crippen LogP contribution in [0, 0.1) is 17.8 Å². The number of aliphatic hydroxyl groups excluding tert-OH is 1. The van der Waals surface area contributed by atoms with Crippen LogP contribution in [0.2, 0.25) is 0 Å². The van der Waals surface area contributed by atoms with Gasteiger partial charge in [0.1, 0.15) is 5.69 Å². The number of H-pyrrole nitrogens is 1. The van der Waals surface area contributed by atoms with E-state index in [9.17, 15) is 14.7 Å². The first kappa shape index (κ1) is 18.9. The number of piperazine rings is 1. The van der Waals surface area contributed by atoms with Crippen LogP contribution in [0.1, 0.15) is 56.2 Å². The van der Waals surface area contributed by atoms with E-state index in [0.717, 1.165) is 5.69 Å². The summed E-state index contributed by atoms with van der Waals surface area (Å²) in [6, 6.07) is 1.67. The summed E-state index contributed by atoms with van der Waals surface area (Å²) in [7, 11) is 0. The Morgan fingerprint density at radius 2 is 2.00 bits per heavy atom. The molecular weight excluding hydrogens is 332 g/mol. The van der Waals surface area contributed by atoms with Gasteiger partial charge in [-0.05, 0) is 30.2 Å². The minimum Gasteiger partial charge on any atom is -0.396 e. The number of rotatable bonds is 5. The number of nitrogens with zero attached hydrogens (tertiary/aromatic N) is 3. The molecule has 3 atom stereocenters. The quantitative estimate of drug-likeness (QED) is 0.830. The van der Waals surface area contributed by atoms with E-state index in [-0.39, 0.29) is 36.3 Å². The molecule has 3 rings (SSSR count). The number of aromatic amines is 1. The maximum Gasteiger partial charge on any atom is 0.274 e. The average molecular weight is 362 g/mol. The van der Waals surface area contributed by atoms with Gasteiger partial charge in [0.25, 0.3) is 5.91 Å². The second kappa shape index (κ2) is 7.39. The maximum absolute atomic E-state index is 12.8. The van der Waals surface area contributed by atoms with Crippen molar-refractivity contribution in [2.24, 2.45) is 17.8 Å². The first-order chi connectivity index (χ1) is 12.3. The van der Waals surface area contributed by atoms with Gasteiger partial charge in [-0.1, -0.05) is 27.7 Å². The number of carbonyl (C=O) groups is 2. The third kappa shape index (κ3) is 3.49. The van der Waals surface area contributed by atoms with Crippen molar-refractivity contribution in [3.8, 4) is 0 Å². The van der Waals surface area contributed by atoms with Gasteiger partial charge in [-0.2, -0.15) is 5.10 Å². The van der Waals surface area contributed by atoms with E-state index in [2.05, 4.69) is 24.0 Å². The number of aliphatic hydroxyl groups is 1. The Labute approximate surface area is 154 Å². The smallest absolute Gasteiger partial charge is 0.274 e. The molecule has 2 heterocycles. The predicted octanol–water partition coefficient (Wildman–Crippen LogP) is 1.47. The Hall–Kier alpha value is -1.89. The molecule has 2 N–H and O–H groups in total. The minimum atomic E-state index is -0.131. The van der Waals surface area contributed by atoms with Gasteiger partial charge in [0.05, 0.1) is 6.04 Å². The van der Waals surface area contributed by atoms with Crippen LogP contribution in [-0.2, 0) is 4.79 Å². The maximum atomic E-state index is 12.8. The Bertz CT molecular complexity index is 663. The molecule has 1 aliphatic carbocycles. The van der Waals surface area contributed by atoms with E-state index < -0.39 is 0 Å². The van der Waals surface area contributed by atoms with E-state index in [1.165, 1.54) is 0 Å². The fourth-order valence-electron chi connectivity index (χ4n) is 3.93. The second-order valence-corrected chi connectivity index (χ2v) is 8.06. The van der Waals surface area contributed by atoms with Gasteiger partial charge in [-0.25, -0.2) is 0 Å². The van der Waals surface area contributed by atoms with Crippen molar-refractivity contribution in [1.29, 1.82) is 0 Å². The van der Waals surface area contributed by atoms with E-state index in [4.69, 9.17) is 0 Å². The van der Waals surface area contributed by atoms with Crippen molar-refractivity contribution < 1.29 is 14.7 Å². The van der Waals surface area contributed by atoms with E-state index in [1.54, 1.807) is 11.0 Å². The molecule has 2 fully saturated rings. The second-order valence-electron chi connectivity index (χ2n) is 8.06. The SMILES string of the molecule is CC(C)c1cc(C(=O)N2CCN(C(=O)C3[C@@H](C)[C@@H]3C)C(CCO)C2)n[nH]1. The van der Waals surface area contributed by atoms with Gasteiger partial charge in [0.15, 0.2) is 0 Å². The zero-order valence-corrected chi connectivity index (χ0v) is 16.1.